The van der Waals surface area contributed by atoms with E-state index in [1.165, 1.54) is 0 Å². The number of nitrogens with zero attached hydrogens (tertiary/aromatic N) is 6. The Morgan fingerprint density at radius 3 is 2.88 bits per heavy atom. The topological polar surface area (TPSA) is 111 Å². The van der Waals surface area contributed by atoms with Crippen molar-refractivity contribution in [2.24, 2.45) is 5.92 Å². The fraction of sp³-hybridized carbons (Fsp3) is 0.500. The van der Waals surface area contributed by atoms with Crippen LogP contribution in [0.4, 0.5) is 16.2 Å². The van der Waals surface area contributed by atoms with Gasteiger partial charge in [0, 0.05) is 33.1 Å². The summed E-state index contributed by atoms with van der Waals surface area (Å²) in [7, 11) is 3.40. The maximum Gasteiger partial charge on any atom is 0.303 e. The second-order valence-corrected chi connectivity index (χ2v) is 6.00. The molecule has 2 aromatic heterocycles. The molecule has 128 valence electrons. The summed E-state index contributed by atoms with van der Waals surface area (Å²) in [6, 6.07) is 0. The van der Waals surface area contributed by atoms with Crippen LogP contribution < -0.4 is 9.80 Å². The summed E-state index contributed by atoms with van der Waals surface area (Å²) in [5.74, 6) is -1.05. The summed E-state index contributed by atoms with van der Waals surface area (Å²) in [5.41, 5.74) is 0.707. The number of H-pyrrole nitrogens is 1. The van der Waals surface area contributed by atoms with E-state index in [-0.39, 0.29) is 24.1 Å². The highest BCUT2D eigenvalue weighted by Crippen LogP contribution is 2.35. The van der Waals surface area contributed by atoms with Crippen molar-refractivity contribution < 1.29 is 14.3 Å². The number of hydrogen-bond donors (Lipinski definition) is 2. The van der Waals surface area contributed by atoms with Gasteiger partial charge in [0.2, 0.25) is 5.95 Å². The van der Waals surface area contributed by atoms with Gasteiger partial charge in [-0.2, -0.15) is 20.4 Å². The average molecular weight is 335 g/mol. The summed E-state index contributed by atoms with van der Waals surface area (Å²) in [5, 5.41) is 19.6. The van der Waals surface area contributed by atoms with Gasteiger partial charge in [-0.3, -0.25) is 4.79 Å². The Morgan fingerprint density at radius 1 is 1.46 bits per heavy atom. The maximum absolute atomic E-state index is 13.8. The average Bonchev–Trinajstić information content (AvgIpc) is 3.16. The number of carbonyl (C=O) groups is 1. The number of carboxylic acid groups (broad SMARTS) is 1. The number of rotatable bonds is 5. The zero-order chi connectivity index (χ0) is 17.3. The molecule has 1 saturated heterocycles. The molecular weight excluding hydrogens is 317 g/mol. The standard InChI is InChI=1S/C14H18FN7O2/c1-21(2)13-10(15)4-16-14(18-13)22-6-8(3-12(23)24)9(7-22)11-5-17-20-19-11/h4-5,8-9H,3,6-7H2,1-2H3,(H,23,24)(H,17,19,20)/t8-,9+/m0/s1. The second-order valence-electron chi connectivity index (χ2n) is 6.00. The summed E-state index contributed by atoms with van der Waals surface area (Å²) in [6.07, 6.45) is 2.74. The lowest BCUT2D eigenvalue weighted by atomic mass is 9.91. The number of aliphatic carboxylic acids is 1. The smallest absolute Gasteiger partial charge is 0.303 e. The molecule has 0 aromatic carbocycles. The Kier molecular flexibility index (Phi) is 4.28. The zero-order valence-electron chi connectivity index (χ0n) is 13.3. The molecule has 3 heterocycles. The van der Waals surface area contributed by atoms with E-state index in [2.05, 4.69) is 25.4 Å². The molecule has 1 aliphatic rings. The van der Waals surface area contributed by atoms with Gasteiger partial charge in [-0.05, 0) is 5.92 Å². The van der Waals surface area contributed by atoms with Crippen LogP contribution in [0.15, 0.2) is 12.4 Å². The third kappa shape index (κ3) is 3.12. The Labute approximate surface area is 137 Å². The van der Waals surface area contributed by atoms with E-state index in [0.29, 0.717) is 24.7 Å². The van der Waals surface area contributed by atoms with Crippen LogP contribution in [0.25, 0.3) is 0 Å². The minimum Gasteiger partial charge on any atom is -0.481 e. The van der Waals surface area contributed by atoms with E-state index in [0.717, 1.165) is 6.20 Å². The van der Waals surface area contributed by atoms with Gasteiger partial charge < -0.3 is 14.9 Å². The SMILES string of the molecule is CN(C)c1nc(N2C[C@H](CC(=O)O)[C@H](c3cn[nH]n3)C2)ncc1F. The number of anilines is 2. The van der Waals surface area contributed by atoms with Crippen molar-refractivity contribution in [1.82, 2.24) is 25.4 Å². The zero-order valence-corrected chi connectivity index (χ0v) is 13.3. The normalized spacial score (nSPS) is 20.4. The van der Waals surface area contributed by atoms with E-state index >= 15 is 0 Å². The van der Waals surface area contributed by atoms with Crippen LogP contribution >= 0.6 is 0 Å². The van der Waals surface area contributed by atoms with Crippen LogP contribution in [0.3, 0.4) is 0 Å². The third-order valence-corrected chi connectivity index (χ3v) is 4.11. The summed E-state index contributed by atoms with van der Waals surface area (Å²) in [4.78, 5) is 22.9. The number of nitrogens with one attached hydrogen (secondary N) is 1. The molecule has 0 amide bonds. The summed E-state index contributed by atoms with van der Waals surface area (Å²) >= 11 is 0. The first kappa shape index (κ1) is 16.1. The van der Waals surface area contributed by atoms with Crippen molar-refractivity contribution in [1.29, 1.82) is 0 Å². The summed E-state index contributed by atoms with van der Waals surface area (Å²) < 4.78 is 13.8. The monoisotopic (exact) mass is 335 g/mol. The highest BCUT2D eigenvalue weighted by atomic mass is 19.1. The van der Waals surface area contributed by atoms with Crippen molar-refractivity contribution in [2.75, 3.05) is 37.0 Å². The van der Waals surface area contributed by atoms with E-state index < -0.39 is 11.8 Å². The highest BCUT2D eigenvalue weighted by Gasteiger charge is 2.38. The number of aromatic amines is 1. The van der Waals surface area contributed by atoms with Gasteiger partial charge in [-0.15, -0.1) is 0 Å². The van der Waals surface area contributed by atoms with Crippen LogP contribution in [-0.2, 0) is 4.79 Å². The summed E-state index contributed by atoms with van der Waals surface area (Å²) in [6.45, 7) is 0.964. The molecule has 0 saturated carbocycles. The molecule has 2 atom stereocenters. The Morgan fingerprint density at radius 2 is 2.25 bits per heavy atom. The lowest BCUT2D eigenvalue weighted by molar-refractivity contribution is -0.138. The Hall–Kier alpha value is -2.78. The number of halogens is 1. The van der Waals surface area contributed by atoms with Crippen LogP contribution in [0.1, 0.15) is 18.0 Å². The molecule has 0 spiro atoms. The number of carboxylic acids is 1. The van der Waals surface area contributed by atoms with Gasteiger partial charge in [0.15, 0.2) is 11.6 Å². The highest BCUT2D eigenvalue weighted by molar-refractivity contribution is 5.67. The second kappa shape index (κ2) is 6.38. The van der Waals surface area contributed by atoms with E-state index in [9.17, 15) is 9.18 Å². The molecule has 24 heavy (non-hydrogen) atoms. The van der Waals surface area contributed by atoms with Crippen molar-refractivity contribution >= 4 is 17.7 Å². The molecule has 0 unspecified atom stereocenters. The van der Waals surface area contributed by atoms with Crippen molar-refractivity contribution in [3.05, 3.63) is 23.9 Å². The van der Waals surface area contributed by atoms with E-state index in [4.69, 9.17) is 5.11 Å². The molecule has 2 N–H and O–H groups in total. The first-order valence-electron chi connectivity index (χ1n) is 7.48. The number of aromatic nitrogens is 5. The van der Waals surface area contributed by atoms with E-state index in [1.54, 1.807) is 25.2 Å². The van der Waals surface area contributed by atoms with Gasteiger partial charge in [0.1, 0.15) is 0 Å². The van der Waals surface area contributed by atoms with Crippen molar-refractivity contribution in [3.63, 3.8) is 0 Å². The lowest BCUT2D eigenvalue weighted by Crippen LogP contribution is -2.24. The maximum atomic E-state index is 13.8. The van der Waals surface area contributed by atoms with Crippen molar-refractivity contribution in [2.45, 2.75) is 12.3 Å². The van der Waals surface area contributed by atoms with Crippen molar-refractivity contribution in [3.8, 4) is 0 Å². The molecular formula is C14H18FN7O2. The molecule has 0 aliphatic carbocycles. The van der Waals surface area contributed by atoms with Gasteiger partial charge >= 0.3 is 5.97 Å². The predicted molar refractivity (Wildman–Crippen MR) is 83.4 cm³/mol. The molecule has 10 heteroatoms. The fourth-order valence-corrected chi connectivity index (χ4v) is 3.01. The molecule has 0 radical (unpaired) electrons. The number of hydrogen-bond acceptors (Lipinski definition) is 7. The molecule has 0 bridgehead atoms. The predicted octanol–water partition coefficient (Wildman–Crippen LogP) is 0.494. The minimum absolute atomic E-state index is 0.00968. The molecule has 1 fully saturated rings. The van der Waals surface area contributed by atoms with Crippen LogP contribution in [0.5, 0.6) is 0 Å². The molecule has 2 aromatic rings. The molecule has 9 nitrogen and oxygen atoms in total. The fourth-order valence-electron chi connectivity index (χ4n) is 3.01. The van der Waals surface area contributed by atoms with Gasteiger partial charge in [-0.25, -0.2) is 9.37 Å². The Bertz CT molecular complexity index is 722. The molecule has 3 rings (SSSR count). The van der Waals surface area contributed by atoms with E-state index in [1.807, 2.05) is 4.90 Å². The van der Waals surface area contributed by atoms with Crippen LogP contribution in [0, 0.1) is 11.7 Å². The minimum atomic E-state index is -0.871. The lowest BCUT2D eigenvalue weighted by Gasteiger charge is -2.19. The van der Waals surface area contributed by atoms with Gasteiger partial charge in [-0.1, -0.05) is 0 Å². The van der Waals surface area contributed by atoms with Crippen LogP contribution in [-0.4, -0.2) is 63.6 Å². The quantitative estimate of drug-likeness (QED) is 0.812. The van der Waals surface area contributed by atoms with Gasteiger partial charge in [0.05, 0.1) is 24.5 Å². The first-order valence-corrected chi connectivity index (χ1v) is 7.48. The first-order chi connectivity index (χ1) is 11.5. The Balaban J connectivity index is 1.87. The van der Waals surface area contributed by atoms with Gasteiger partial charge in [0.25, 0.3) is 0 Å². The third-order valence-electron chi connectivity index (χ3n) is 4.11. The largest absolute Gasteiger partial charge is 0.481 e. The molecule has 1 aliphatic heterocycles. The van der Waals surface area contributed by atoms with Crippen LogP contribution in [0.2, 0.25) is 0 Å².